The normalized spacial score (nSPS) is 15.5. The minimum absolute atomic E-state index is 0.171. The van der Waals surface area contributed by atoms with Crippen LogP contribution in [-0.2, 0) is 9.59 Å². The molecule has 2 rings (SSSR count). The molecule has 4 N–H and O–H groups in total. The van der Waals surface area contributed by atoms with Gasteiger partial charge in [0.15, 0.2) is 0 Å². The summed E-state index contributed by atoms with van der Waals surface area (Å²) in [5, 5.41) is 2.23. The zero-order valence-corrected chi connectivity index (χ0v) is 11.3. The predicted molar refractivity (Wildman–Crippen MR) is 73.2 cm³/mol. The first-order chi connectivity index (χ1) is 10.1. The molecule has 21 heavy (non-hydrogen) atoms. The molecule has 0 aliphatic carbocycles. The third-order valence-corrected chi connectivity index (χ3v) is 2.92. The minimum Gasteiger partial charge on any atom is -0.492 e. The van der Waals surface area contributed by atoms with E-state index in [1.54, 1.807) is 29.2 Å². The standard InChI is InChI=1S/C13H16N4O4/c14-16-13(20)9-2-1-3-10(6-9)21-5-4-17-7-11(18)15-12(19)8-17/h1-3,6H,4-5,7-8,14H2,(H,16,20)(H,15,18,19). The van der Waals surface area contributed by atoms with Crippen molar-refractivity contribution < 1.29 is 19.1 Å². The van der Waals surface area contributed by atoms with Gasteiger partial charge in [0, 0.05) is 12.1 Å². The number of hydrogen-bond donors (Lipinski definition) is 3. The summed E-state index contributed by atoms with van der Waals surface area (Å²) < 4.78 is 5.51. The van der Waals surface area contributed by atoms with Crippen LogP contribution >= 0.6 is 0 Å². The molecule has 0 atom stereocenters. The van der Waals surface area contributed by atoms with Gasteiger partial charge in [-0.05, 0) is 18.2 Å². The monoisotopic (exact) mass is 292 g/mol. The van der Waals surface area contributed by atoms with Gasteiger partial charge in [-0.15, -0.1) is 0 Å². The Kier molecular flexibility index (Phi) is 4.85. The largest absolute Gasteiger partial charge is 0.492 e. The molecule has 1 saturated heterocycles. The van der Waals surface area contributed by atoms with Gasteiger partial charge in [-0.2, -0.15) is 0 Å². The van der Waals surface area contributed by atoms with Gasteiger partial charge in [-0.25, -0.2) is 5.84 Å². The molecule has 1 fully saturated rings. The highest BCUT2D eigenvalue weighted by atomic mass is 16.5. The van der Waals surface area contributed by atoms with Crippen LogP contribution in [0, 0.1) is 0 Å². The van der Waals surface area contributed by atoms with E-state index in [2.05, 4.69) is 5.32 Å². The first-order valence-corrected chi connectivity index (χ1v) is 6.37. The summed E-state index contributed by atoms with van der Waals surface area (Å²) in [6.07, 6.45) is 0. The maximum atomic E-state index is 11.4. The van der Waals surface area contributed by atoms with Crippen molar-refractivity contribution in [3.05, 3.63) is 29.8 Å². The highest BCUT2D eigenvalue weighted by Gasteiger charge is 2.21. The Morgan fingerprint density at radius 2 is 2.05 bits per heavy atom. The fourth-order valence-electron chi connectivity index (χ4n) is 1.96. The van der Waals surface area contributed by atoms with Crippen molar-refractivity contribution in [2.45, 2.75) is 0 Å². The van der Waals surface area contributed by atoms with E-state index in [-0.39, 0.29) is 24.9 Å². The first kappa shape index (κ1) is 14.9. The number of benzene rings is 1. The summed E-state index contributed by atoms with van der Waals surface area (Å²) in [7, 11) is 0. The van der Waals surface area contributed by atoms with E-state index in [1.165, 1.54) is 0 Å². The Morgan fingerprint density at radius 1 is 1.33 bits per heavy atom. The summed E-state index contributed by atoms with van der Waals surface area (Å²) in [4.78, 5) is 35.5. The van der Waals surface area contributed by atoms with Crippen LogP contribution in [0.1, 0.15) is 10.4 Å². The number of amides is 3. The van der Waals surface area contributed by atoms with Crippen LogP contribution in [0.15, 0.2) is 24.3 Å². The second-order valence-corrected chi connectivity index (χ2v) is 4.53. The molecule has 0 radical (unpaired) electrons. The first-order valence-electron chi connectivity index (χ1n) is 6.37. The Labute approximate surface area is 121 Å². The van der Waals surface area contributed by atoms with Crippen LogP contribution in [0.3, 0.4) is 0 Å². The van der Waals surface area contributed by atoms with Crippen LogP contribution in [0.2, 0.25) is 0 Å². The van der Waals surface area contributed by atoms with Crippen molar-refractivity contribution in [2.24, 2.45) is 5.84 Å². The lowest BCUT2D eigenvalue weighted by atomic mass is 10.2. The predicted octanol–water partition coefficient (Wildman–Crippen LogP) is -1.37. The quantitative estimate of drug-likeness (QED) is 0.267. The second kappa shape index (κ2) is 6.82. The number of carbonyl (C=O) groups is 3. The van der Waals surface area contributed by atoms with Crippen LogP contribution in [0.5, 0.6) is 5.75 Å². The minimum atomic E-state index is -0.404. The molecule has 0 unspecified atom stereocenters. The molecule has 1 aromatic carbocycles. The average Bonchev–Trinajstić information content (AvgIpc) is 2.46. The Bertz CT molecular complexity index is 545. The van der Waals surface area contributed by atoms with E-state index in [0.29, 0.717) is 24.5 Å². The van der Waals surface area contributed by atoms with Crippen molar-refractivity contribution in [3.63, 3.8) is 0 Å². The summed E-state index contributed by atoms with van der Waals surface area (Å²) in [6, 6.07) is 6.57. The molecule has 3 amide bonds. The number of rotatable bonds is 5. The zero-order chi connectivity index (χ0) is 15.2. The van der Waals surface area contributed by atoms with E-state index in [1.807, 2.05) is 5.43 Å². The molecular formula is C13H16N4O4. The number of piperazine rings is 1. The molecule has 8 nitrogen and oxygen atoms in total. The van der Waals surface area contributed by atoms with Crippen molar-refractivity contribution >= 4 is 17.7 Å². The lowest BCUT2D eigenvalue weighted by Crippen LogP contribution is -2.52. The number of nitrogen functional groups attached to an aromatic ring is 1. The molecule has 1 aromatic rings. The number of ether oxygens (including phenoxy) is 1. The third-order valence-electron chi connectivity index (χ3n) is 2.92. The SMILES string of the molecule is NNC(=O)c1cccc(OCCN2CC(=O)NC(=O)C2)c1. The van der Waals surface area contributed by atoms with E-state index in [9.17, 15) is 14.4 Å². The number of nitrogens with one attached hydrogen (secondary N) is 2. The molecule has 1 aliphatic rings. The van der Waals surface area contributed by atoms with Crippen LogP contribution in [0.25, 0.3) is 0 Å². The summed E-state index contributed by atoms with van der Waals surface area (Å²) in [5.41, 5.74) is 2.43. The molecule has 8 heteroatoms. The maximum absolute atomic E-state index is 11.4. The molecule has 0 saturated carbocycles. The second-order valence-electron chi connectivity index (χ2n) is 4.53. The van der Waals surface area contributed by atoms with E-state index in [0.717, 1.165) is 0 Å². The van der Waals surface area contributed by atoms with E-state index >= 15 is 0 Å². The van der Waals surface area contributed by atoms with Gasteiger partial charge < -0.3 is 4.74 Å². The summed E-state index contributed by atoms with van der Waals surface area (Å²) in [6.45, 7) is 1.08. The lowest BCUT2D eigenvalue weighted by molar-refractivity contribution is -0.136. The van der Waals surface area contributed by atoms with Gasteiger partial charge in [-0.1, -0.05) is 6.07 Å². The van der Waals surface area contributed by atoms with Crippen LogP contribution in [-0.4, -0.2) is 48.9 Å². The number of hydrazine groups is 1. The third kappa shape index (κ3) is 4.26. The highest BCUT2D eigenvalue weighted by Crippen LogP contribution is 2.13. The van der Waals surface area contributed by atoms with Gasteiger partial charge in [0.1, 0.15) is 12.4 Å². The fraction of sp³-hybridized carbons (Fsp3) is 0.308. The Hall–Kier alpha value is -2.45. The molecule has 1 aliphatic heterocycles. The van der Waals surface area contributed by atoms with Gasteiger partial charge >= 0.3 is 0 Å². The topological polar surface area (TPSA) is 114 Å². The van der Waals surface area contributed by atoms with Crippen molar-refractivity contribution in [1.82, 2.24) is 15.6 Å². The smallest absolute Gasteiger partial charge is 0.265 e. The molecular weight excluding hydrogens is 276 g/mol. The average molecular weight is 292 g/mol. The van der Waals surface area contributed by atoms with E-state index in [4.69, 9.17) is 10.6 Å². The highest BCUT2D eigenvalue weighted by molar-refractivity contribution is 5.99. The molecule has 1 heterocycles. The summed E-state index contributed by atoms with van der Waals surface area (Å²) >= 11 is 0. The van der Waals surface area contributed by atoms with Gasteiger partial charge in [-0.3, -0.25) is 30.0 Å². The lowest BCUT2D eigenvalue weighted by Gasteiger charge is -2.24. The van der Waals surface area contributed by atoms with Crippen molar-refractivity contribution in [2.75, 3.05) is 26.2 Å². The number of nitrogens with two attached hydrogens (primary N) is 1. The number of imide groups is 1. The van der Waals surface area contributed by atoms with Crippen molar-refractivity contribution in [1.29, 1.82) is 0 Å². The zero-order valence-electron chi connectivity index (χ0n) is 11.3. The summed E-state index contributed by atoms with van der Waals surface area (Å²) in [5.74, 6) is 4.55. The molecule has 112 valence electrons. The van der Waals surface area contributed by atoms with Gasteiger partial charge in [0.25, 0.3) is 5.91 Å². The number of nitrogens with zero attached hydrogens (tertiary/aromatic N) is 1. The molecule has 0 bridgehead atoms. The fourth-order valence-corrected chi connectivity index (χ4v) is 1.96. The number of carbonyl (C=O) groups excluding carboxylic acids is 3. The molecule has 0 spiro atoms. The van der Waals surface area contributed by atoms with Crippen LogP contribution < -0.4 is 21.3 Å². The molecule has 0 aromatic heterocycles. The van der Waals surface area contributed by atoms with Gasteiger partial charge in [0.05, 0.1) is 13.1 Å². The van der Waals surface area contributed by atoms with E-state index < -0.39 is 5.91 Å². The van der Waals surface area contributed by atoms with Gasteiger partial charge in [0.2, 0.25) is 11.8 Å². The maximum Gasteiger partial charge on any atom is 0.265 e. The Morgan fingerprint density at radius 3 is 2.71 bits per heavy atom. The van der Waals surface area contributed by atoms with Crippen LogP contribution in [0.4, 0.5) is 0 Å². The number of hydrogen-bond acceptors (Lipinski definition) is 6. The van der Waals surface area contributed by atoms with Crippen molar-refractivity contribution in [3.8, 4) is 5.75 Å². The Balaban J connectivity index is 1.84.